The van der Waals surface area contributed by atoms with Crippen LogP contribution in [0.2, 0.25) is 0 Å². The van der Waals surface area contributed by atoms with Crippen molar-refractivity contribution in [1.82, 2.24) is 19.9 Å². The predicted octanol–water partition coefficient (Wildman–Crippen LogP) is 1.72. The molecule has 0 bridgehead atoms. The number of aromatic nitrogens is 3. The van der Waals surface area contributed by atoms with E-state index in [2.05, 4.69) is 20.8 Å². The molecule has 0 unspecified atom stereocenters. The number of fused-ring (bicyclic) bond motifs is 1. The second-order valence-electron chi connectivity index (χ2n) is 5.61. The van der Waals surface area contributed by atoms with Crippen molar-refractivity contribution in [3.05, 3.63) is 48.6 Å². The van der Waals surface area contributed by atoms with Crippen LogP contribution in [0.15, 0.2) is 47.2 Å². The highest BCUT2D eigenvalue weighted by atomic mass is 16.3. The van der Waals surface area contributed by atoms with Gasteiger partial charge in [-0.3, -0.25) is 19.3 Å². The van der Waals surface area contributed by atoms with Gasteiger partial charge in [-0.25, -0.2) is 0 Å². The molecule has 2 amide bonds. The highest BCUT2D eigenvalue weighted by Crippen LogP contribution is 2.11. The minimum absolute atomic E-state index is 0.122. The lowest BCUT2D eigenvalue weighted by molar-refractivity contribution is -0.118. The number of furan rings is 1. The van der Waals surface area contributed by atoms with Crippen LogP contribution >= 0.6 is 0 Å². The molecule has 0 saturated heterocycles. The number of hydrogen-bond donors (Lipinski definition) is 2. The van der Waals surface area contributed by atoms with Crippen LogP contribution in [-0.4, -0.2) is 32.5 Å². The molecule has 3 heterocycles. The van der Waals surface area contributed by atoms with Gasteiger partial charge in [-0.2, -0.15) is 0 Å². The fourth-order valence-corrected chi connectivity index (χ4v) is 2.27. The van der Waals surface area contributed by atoms with Crippen LogP contribution in [0.25, 0.3) is 5.65 Å². The summed E-state index contributed by atoms with van der Waals surface area (Å²) in [6.45, 7) is 3.68. The molecule has 0 aromatic carbocycles. The lowest BCUT2D eigenvalue weighted by atomic mass is 10.0. The molecular weight excluding hydrogens is 310 g/mol. The summed E-state index contributed by atoms with van der Waals surface area (Å²) in [5.74, 6) is -0.485. The second-order valence-corrected chi connectivity index (χ2v) is 5.61. The zero-order chi connectivity index (χ0) is 17.1. The lowest BCUT2D eigenvalue weighted by Gasteiger charge is -2.20. The van der Waals surface area contributed by atoms with Crippen molar-refractivity contribution in [2.75, 3.05) is 5.32 Å². The predicted molar refractivity (Wildman–Crippen MR) is 86.4 cm³/mol. The van der Waals surface area contributed by atoms with Gasteiger partial charge in [-0.15, -0.1) is 10.2 Å². The summed E-state index contributed by atoms with van der Waals surface area (Å²) in [7, 11) is 0. The molecular formula is C16H17N5O3. The maximum absolute atomic E-state index is 12.6. The Kier molecular flexibility index (Phi) is 4.28. The van der Waals surface area contributed by atoms with Gasteiger partial charge in [0.15, 0.2) is 11.4 Å². The first-order chi connectivity index (χ1) is 11.6. The van der Waals surface area contributed by atoms with Crippen LogP contribution in [0.3, 0.4) is 0 Å². The Morgan fingerprint density at radius 1 is 1.17 bits per heavy atom. The van der Waals surface area contributed by atoms with Crippen LogP contribution in [0.5, 0.6) is 0 Å². The SMILES string of the molecule is CC(C)[C@H](NC(=O)c1ccco1)C(=O)Nc1nnc2ccccn12. The molecule has 3 rings (SSSR count). The fraction of sp³-hybridized carbons (Fsp3) is 0.250. The van der Waals surface area contributed by atoms with E-state index in [1.807, 2.05) is 26.0 Å². The van der Waals surface area contributed by atoms with Crippen molar-refractivity contribution in [2.24, 2.45) is 5.92 Å². The molecule has 0 fully saturated rings. The lowest BCUT2D eigenvalue weighted by Crippen LogP contribution is -2.47. The molecule has 0 spiro atoms. The third kappa shape index (κ3) is 3.12. The van der Waals surface area contributed by atoms with Crippen molar-refractivity contribution in [3.63, 3.8) is 0 Å². The van der Waals surface area contributed by atoms with Crippen molar-refractivity contribution >= 4 is 23.4 Å². The number of anilines is 1. The van der Waals surface area contributed by atoms with E-state index in [4.69, 9.17) is 4.42 Å². The first-order valence-corrected chi connectivity index (χ1v) is 7.51. The quantitative estimate of drug-likeness (QED) is 0.743. The molecule has 2 N–H and O–H groups in total. The maximum atomic E-state index is 12.6. The Morgan fingerprint density at radius 2 is 2.00 bits per heavy atom. The summed E-state index contributed by atoms with van der Waals surface area (Å²) >= 11 is 0. The second kappa shape index (κ2) is 6.53. The number of hydrogen-bond acceptors (Lipinski definition) is 5. The largest absolute Gasteiger partial charge is 0.459 e. The molecule has 0 aliphatic rings. The Morgan fingerprint density at radius 3 is 2.71 bits per heavy atom. The minimum Gasteiger partial charge on any atom is -0.459 e. The van der Waals surface area contributed by atoms with Crippen LogP contribution in [0.1, 0.15) is 24.4 Å². The number of nitrogens with one attached hydrogen (secondary N) is 2. The van der Waals surface area contributed by atoms with E-state index in [0.29, 0.717) is 11.6 Å². The van der Waals surface area contributed by atoms with E-state index in [0.717, 1.165) is 0 Å². The third-order valence-electron chi connectivity index (χ3n) is 3.53. The number of nitrogens with zero attached hydrogens (tertiary/aromatic N) is 3. The summed E-state index contributed by atoms with van der Waals surface area (Å²) in [5.41, 5.74) is 0.619. The van der Waals surface area contributed by atoms with Gasteiger partial charge in [0.25, 0.3) is 5.91 Å². The summed E-state index contributed by atoms with van der Waals surface area (Å²) in [4.78, 5) is 24.7. The molecule has 3 aromatic heterocycles. The van der Waals surface area contributed by atoms with Crippen molar-refractivity contribution < 1.29 is 14.0 Å². The van der Waals surface area contributed by atoms with Gasteiger partial charge >= 0.3 is 0 Å². The van der Waals surface area contributed by atoms with Crippen LogP contribution in [0.4, 0.5) is 5.95 Å². The normalized spacial score (nSPS) is 12.3. The maximum Gasteiger partial charge on any atom is 0.287 e. The van der Waals surface area contributed by atoms with E-state index in [9.17, 15) is 9.59 Å². The van der Waals surface area contributed by atoms with Gasteiger partial charge in [0, 0.05) is 6.20 Å². The van der Waals surface area contributed by atoms with E-state index < -0.39 is 11.9 Å². The summed E-state index contributed by atoms with van der Waals surface area (Å²) in [5, 5.41) is 13.3. The zero-order valence-corrected chi connectivity index (χ0v) is 13.3. The monoisotopic (exact) mass is 327 g/mol. The van der Waals surface area contributed by atoms with Crippen molar-refractivity contribution in [1.29, 1.82) is 0 Å². The molecule has 0 aliphatic carbocycles. The molecule has 124 valence electrons. The Labute approximate surface area is 137 Å². The van der Waals surface area contributed by atoms with Gasteiger partial charge in [0.05, 0.1) is 6.26 Å². The molecule has 8 heteroatoms. The molecule has 0 aliphatic heterocycles. The molecule has 3 aromatic rings. The number of carbonyl (C=O) groups is 2. The number of amides is 2. The average Bonchev–Trinajstić information content (AvgIpc) is 3.22. The topological polar surface area (TPSA) is 102 Å². The Hall–Kier alpha value is -3.16. The fourth-order valence-electron chi connectivity index (χ4n) is 2.27. The number of carbonyl (C=O) groups excluding carboxylic acids is 2. The first kappa shape index (κ1) is 15.7. The average molecular weight is 327 g/mol. The first-order valence-electron chi connectivity index (χ1n) is 7.51. The minimum atomic E-state index is -0.737. The standard InChI is InChI=1S/C16H17N5O3/c1-10(2)13(17-14(22)11-6-5-9-24-11)15(23)18-16-20-19-12-7-3-4-8-21(12)16/h3-10,13H,1-2H3,(H,17,22)(H,18,20,23)/t13-/m0/s1. The molecule has 0 radical (unpaired) electrons. The molecule has 1 atom stereocenters. The van der Waals surface area contributed by atoms with E-state index in [-0.39, 0.29) is 17.6 Å². The Bertz CT molecular complexity index is 854. The van der Waals surface area contributed by atoms with Gasteiger partial charge in [0.2, 0.25) is 11.9 Å². The Balaban J connectivity index is 1.76. The zero-order valence-electron chi connectivity index (χ0n) is 13.3. The molecule has 24 heavy (non-hydrogen) atoms. The van der Waals surface area contributed by atoms with Gasteiger partial charge in [-0.1, -0.05) is 19.9 Å². The highest BCUT2D eigenvalue weighted by Gasteiger charge is 2.26. The van der Waals surface area contributed by atoms with E-state index in [1.165, 1.54) is 12.3 Å². The van der Waals surface area contributed by atoms with Crippen LogP contribution in [0, 0.1) is 5.92 Å². The number of rotatable bonds is 5. The molecule has 0 saturated carbocycles. The van der Waals surface area contributed by atoms with Gasteiger partial charge < -0.3 is 9.73 Å². The van der Waals surface area contributed by atoms with Gasteiger partial charge in [0.1, 0.15) is 6.04 Å². The summed E-state index contributed by atoms with van der Waals surface area (Å²) in [6, 6.07) is 7.83. The smallest absolute Gasteiger partial charge is 0.287 e. The van der Waals surface area contributed by atoms with E-state index in [1.54, 1.807) is 22.7 Å². The van der Waals surface area contributed by atoms with E-state index >= 15 is 0 Å². The summed E-state index contributed by atoms with van der Waals surface area (Å²) < 4.78 is 6.71. The van der Waals surface area contributed by atoms with Crippen LogP contribution < -0.4 is 10.6 Å². The van der Waals surface area contributed by atoms with Crippen molar-refractivity contribution in [2.45, 2.75) is 19.9 Å². The van der Waals surface area contributed by atoms with Crippen molar-refractivity contribution in [3.8, 4) is 0 Å². The summed E-state index contributed by atoms with van der Waals surface area (Å²) in [6.07, 6.45) is 3.15. The van der Waals surface area contributed by atoms with Crippen LogP contribution in [-0.2, 0) is 4.79 Å². The van der Waals surface area contributed by atoms with Gasteiger partial charge in [-0.05, 0) is 30.2 Å². The highest BCUT2D eigenvalue weighted by molar-refractivity contribution is 5.99. The number of pyridine rings is 1. The third-order valence-corrected chi connectivity index (χ3v) is 3.53. The molecule has 8 nitrogen and oxygen atoms in total.